The lowest BCUT2D eigenvalue weighted by atomic mass is 10.1. The quantitative estimate of drug-likeness (QED) is 0.441. The van der Waals surface area contributed by atoms with Crippen LogP contribution in [-0.4, -0.2) is 6.61 Å². The molecule has 0 bridgehead atoms. The topological polar surface area (TPSA) is 30.5 Å². The van der Waals surface area contributed by atoms with Gasteiger partial charge in [-0.25, -0.2) is 0 Å². The van der Waals surface area contributed by atoms with E-state index in [0.717, 1.165) is 16.8 Å². The molecule has 3 aromatic rings. The zero-order valence-corrected chi connectivity index (χ0v) is 18.3. The normalized spacial score (nSPS) is 10.7. The monoisotopic (exact) mass is 409 g/mol. The molecule has 0 radical (unpaired) electrons. The molecule has 0 saturated carbocycles. The third-order valence-corrected chi connectivity index (χ3v) is 5.27. The van der Waals surface area contributed by atoms with Crippen molar-refractivity contribution in [2.75, 3.05) is 11.9 Å². The summed E-state index contributed by atoms with van der Waals surface area (Å²) in [4.78, 5) is 0. The molecule has 3 rings (SSSR count). The van der Waals surface area contributed by atoms with Crippen LogP contribution in [0.2, 0.25) is 5.02 Å². The molecular formula is C25H28ClNO2. The minimum atomic E-state index is 0.469. The smallest absolute Gasteiger partial charge is 0.163 e. The first kappa shape index (κ1) is 21.1. The van der Waals surface area contributed by atoms with E-state index in [9.17, 15) is 0 Å². The average molecular weight is 410 g/mol. The molecule has 0 saturated heterocycles. The van der Waals surface area contributed by atoms with Crippen molar-refractivity contribution in [3.63, 3.8) is 0 Å². The highest BCUT2D eigenvalue weighted by molar-refractivity contribution is 6.31. The Hall–Kier alpha value is -2.65. The molecule has 0 aromatic heterocycles. The number of ether oxygens (including phenoxy) is 2. The fourth-order valence-corrected chi connectivity index (χ4v) is 3.21. The summed E-state index contributed by atoms with van der Waals surface area (Å²) in [7, 11) is 0. The van der Waals surface area contributed by atoms with Crippen LogP contribution in [0.3, 0.4) is 0 Å². The van der Waals surface area contributed by atoms with Gasteiger partial charge in [0.05, 0.1) is 6.61 Å². The standard InChI is InChI=1S/C25H28ClNO2/c1-5-28-24-13-21(15-27-22-11-8-18(3)19(4)12-22)23(26)14-25(24)29-16-20-9-6-17(2)7-10-20/h6-14,27H,5,15-16H2,1-4H3. The van der Waals surface area contributed by atoms with Gasteiger partial charge in [0.2, 0.25) is 0 Å². The molecule has 29 heavy (non-hydrogen) atoms. The van der Waals surface area contributed by atoms with E-state index in [2.05, 4.69) is 68.6 Å². The van der Waals surface area contributed by atoms with Crippen molar-refractivity contribution in [2.45, 2.75) is 40.8 Å². The van der Waals surface area contributed by atoms with Gasteiger partial charge in [-0.3, -0.25) is 0 Å². The summed E-state index contributed by atoms with van der Waals surface area (Å²) in [6.45, 7) is 9.90. The van der Waals surface area contributed by atoms with Crippen LogP contribution in [0.5, 0.6) is 11.5 Å². The number of hydrogen-bond acceptors (Lipinski definition) is 3. The second kappa shape index (κ2) is 9.71. The van der Waals surface area contributed by atoms with Crippen LogP contribution in [0.15, 0.2) is 54.6 Å². The Morgan fingerprint density at radius 2 is 1.55 bits per heavy atom. The predicted molar refractivity (Wildman–Crippen MR) is 121 cm³/mol. The molecule has 0 aliphatic rings. The molecule has 3 nitrogen and oxygen atoms in total. The molecule has 4 heteroatoms. The maximum atomic E-state index is 6.55. The van der Waals surface area contributed by atoms with Crippen LogP contribution in [-0.2, 0) is 13.2 Å². The fourth-order valence-electron chi connectivity index (χ4n) is 2.99. The second-order valence-electron chi connectivity index (χ2n) is 7.25. The Morgan fingerprint density at radius 1 is 0.828 bits per heavy atom. The van der Waals surface area contributed by atoms with Gasteiger partial charge in [-0.2, -0.15) is 0 Å². The van der Waals surface area contributed by atoms with Gasteiger partial charge in [0.1, 0.15) is 6.61 Å². The van der Waals surface area contributed by atoms with Crippen LogP contribution in [0.25, 0.3) is 0 Å². The van der Waals surface area contributed by atoms with Gasteiger partial charge in [0.25, 0.3) is 0 Å². The number of nitrogens with one attached hydrogen (secondary N) is 1. The largest absolute Gasteiger partial charge is 0.490 e. The molecule has 0 amide bonds. The van der Waals surface area contributed by atoms with Crippen molar-refractivity contribution in [3.8, 4) is 11.5 Å². The average Bonchev–Trinajstić information content (AvgIpc) is 2.70. The summed E-state index contributed by atoms with van der Waals surface area (Å²) in [5.41, 5.74) is 6.91. The van der Waals surface area contributed by atoms with E-state index in [1.807, 2.05) is 19.1 Å². The van der Waals surface area contributed by atoms with Gasteiger partial charge >= 0.3 is 0 Å². The van der Waals surface area contributed by atoms with Gasteiger partial charge < -0.3 is 14.8 Å². The van der Waals surface area contributed by atoms with Crippen LogP contribution >= 0.6 is 11.6 Å². The predicted octanol–water partition coefficient (Wildman–Crippen LogP) is 6.86. The van der Waals surface area contributed by atoms with E-state index < -0.39 is 0 Å². The first-order chi connectivity index (χ1) is 14.0. The van der Waals surface area contributed by atoms with Crippen LogP contribution in [0, 0.1) is 20.8 Å². The Kier molecular flexibility index (Phi) is 7.05. The van der Waals surface area contributed by atoms with Crippen LogP contribution in [0.4, 0.5) is 5.69 Å². The second-order valence-corrected chi connectivity index (χ2v) is 7.66. The zero-order valence-electron chi connectivity index (χ0n) is 17.5. The molecule has 0 aliphatic heterocycles. The van der Waals surface area contributed by atoms with E-state index in [-0.39, 0.29) is 0 Å². The molecule has 3 aromatic carbocycles. The molecule has 0 heterocycles. The van der Waals surface area contributed by atoms with Crippen LogP contribution < -0.4 is 14.8 Å². The highest BCUT2D eigenvalue weighted by Gasteiger charge is 2.12. The molecule has 152 valence electrons. The summed E-state index contributed by atoms with van der Waals surface area (Å²) in [6, 6.07) is 18.4. The van der Waals surface area contributed by atoms with Gasteiger partial charge in [-0.05, 0) is 68.1 Å². The number of aryl methyl sites for hydroxylation is 3. The summed E-state index contributed by atoms with van der Waals surface area (Å²) < 4.78 is 11.8. The third-order valence-electron chi connectivity index (χ3n) is 4.92. The zero-order chi connectivity index (χ0) is 20.8. The first-order valence-electron chi connectivity index (χ1n) is 9.91. The number of hydrogen-bond donors (Lipinski definition) is 1. The minimum Gasteiger partial charge on any atom is -0.490 e. The van der Waals surface area contributed by atoms with Crippen LogP contribution in [0.1, 0.15) is 34.7 Å². The van der Waals surface area contributed by atoms with Crippen molar-refractivity contribution in [3.05, 3.63) is 87.4 Å². The molecule has 0 atom stereocenters. The first-order valence-corrected chi connectivity index (χ1v) is 10.3. The van der Waals surface area contributed by atoms with Gasteiger partial charge in [0.15, 0.2) is 11.5 Å². The van der Waals surface area contributed by atoms with Crippen molar-refractivity contribution in [1.29, 1.82) is 0 Å². The Bertz CT molecular complexity index is 967. The summed E-state index contributed by atoms with van der Waals surface area (Å²) in [5, 5.41) is 4.10. The Labute approximate surface area is 178 Å². The SMILES string of the molecule is CCOc1cc(CNc2ccc(C)c(C)c2)c(Cl)cc1OCc1ccc(C)cc1. The van der Waals surface area contributed by atoms with Crippen molar-refractivity contribution < 1.29 is 9.47 Å². The van der Waals surface area contributed by atoms with Crippen molar-refractivity contribution in [1.82, 2.24) is 0 Å². The van der Waals surface area contributed by atoms with E-state index in [1.54, 1.807) is 0 Å². The Balaban J connectivity index is 1.74. The molecule has 0 aliphatic carbocycles. The Morgan fingerprint density at radius 3 is 2.24 bits per heavy atom. The maximum absolute atomic E-state index is 6.55. The highest BCUT2D eigenvalue weighted by Crippen LogP contribution is 2.34. The maximum Gasteiger partial charge on any atom is 0.163 e. The lowest BCUT2D eigenvalue weighted by Crippen LogP contribution is -2.04. The lowest BCUT2D eigenvalue weighted by Gasteiger charge is -2.16. The van der Waals surface area contributed by atoms with E-state index in [0.29, 0.717) is 36.3 Å². The number of anilines is 1. The number of benzene rings is 3. The van der Waals surface area contributed by atoms with E-state index in [4.69, 9.17) is 21.1 Å². The highest BCUT2D eigenvalue weighted by atomic mass is 35.5. The molecule has 0 spiro atoms. The van der Waals surface area contributed by atoms with E-state index >= 15 is 0 Å². The molecule has 0 fully saturated rings. The molecule has 0 unspecified atom stereocenters. The van der Waals surface area contributed by atoms with Gasteiger partial charge in [0, 0.05) is 23.3 Å². The van der Waals surface area contributed by atoms with Gasteiger partial charge in [-0.15, -0.1) is 0 Å². The fraction of sp³-hybridized carbons (Fsp3) is 0.280. The van der Waals surface area contributed by atoms with Gasteiger partial charge in [-0.1, -0.05) is 47.5 Å². The van der Waals surface area contributed by atoms with E-state index in [1.165, 1.54) is 16.7 Å². The number of halogens is 1. The molecule has 1 N–H and O–H groups in total. The summed E-state index contributed by atoms with van der Waals surface area (Å²) in [5.74, 6) is 1.37. The van der Waals surface area contributed by atoms with Crippen molar-refractivity contribution in [2.24, 2.45) is 0 Å². The third kappa shape index (κ3) is 5.68. The summed E-state index contributed by atoms with van der Waals surface area (Å²) >= 11 is 6.55. The molecular weight excluding hydrogens is 382 g/mol. The lowest BCUT2D eigenvalue weighted by molar-refractivity contribution is 0.269. The number of rotatable bonds is 8. The minimum absolute atomic E-state index is 0.469. The summed E-state index contributed by atoms with van der Waals surface area (Å²) in [6.07, 6.45) is 0. The van der Waals surface area contributed by atoms with Crippen molar-refractivity contribution >= 4 is 17.3 Å².